The molecule has 9 heavy (non-hydrogen) atoms. The molecule has 0 amide bonds. The first-order valence-corrected chi connectivity index (χ1v) is 1.60. The molecule has 0 saturated heterocycles. The van der Waals surface area contributed by atoms with Crippen molar-refractivity contribution in [3.63, 3.8) is 0 Å². The third-order valence-electron chi connectivity index (χ3n) is 0.135. The quantitative estimate of drug-likeness (QED) is 0.490. The molecule has 0 fully saturated rings. The van der Waals surface area contributed by atoms with Crippen molar-refractivity contribution in [3.8, 4) is 0 Å². The Morgan fingerprint density at radius 2 is 1.67 bits per heavy atom. The van der Waals surface area contributed by atoms with Crippen molar-refractivity contribution in [2.45, 2.75) is 0 Å². The molecule has 0 aliphatic carbocycles. The van der Waals surface area contributed by atoms with Crippen LogP contribution >= 0.6 is 0 Å². The molecule has 0 bridgehead atoms. The van der Waals surface area contributed by atoms with Gasteiger partial charge in [-0.15, -0.1) is 13.2 Å². The van der Waals surface area contributed by atoms with E-state index in [1.54, 1.807) is 0 Å². The number of rotatable bonds is 1. The van der Waals surface area contributed by atoms with Crippen molar-refractivity contribution in [1.29, 1.82) is 0 Å². The van der Waals surface area contributed by atoms with Gasteiger partial charge < -0.3 is 13.1 Å². The summed E-state index contributed by atoms with van der Waals surface area (Å²) in [5.41, 5.74) is 0. The summed E-state index contributed by atoms with van der Waals surface area (Å²) in [7, 11) is 0. The first-order chi connectivity index (χ1) is 3.27. The zero-order valence-corrected chi connectivity index (χ0v) is 10.2. The summed E-state index contributed by atoms with van der Waals surface area (Å²) in [6.07, 6.45) is 0. The van der Waals surface area contributed by atoms with Gasteiger partial charge in [0.15, 0.2) is 0 Å². The molecule has 0 unspecified atom stereocenters. The molecule has 0 aromatic rings. The number of carboxylic acids is 1. The number of aliphatic hydroxyl groups excluding tert-OH is 1. The van der Waals surface area contributed by atoms with Gasteiger partial charge in [-0.3, -0.25) is 0 Å². The van der Waals surface area contributed by atoms with E-state index < -0.39 is 12.6 Å². The molecule has 0 saturated carbocycles. The van der Waals surface area contributed by atoms with E-state index in [1.807, 2.05) is 0 Å². The zero-order valence-electron chi connectivity index (χ0n) is 7.13. The van der Waals surface area contributed by atoms with Crippen molar-refractivity contribution in [2.24, 2.45) is 0 Å². The van der Waals surface area contributed by atoms with Crippen LogP contribution in [0.1, 0.15) is 2.85 Å². The van der Waals surface area contributed by atoms with Gasteiger partial charge in [0.25, 0.3) is 0 Å². The van der Waals surface area contributed by atoms with Gasteiger partial charge in [0, 0.05) is 21.7 Å². The number of aliphatic carboxylic acids is 1. The normalized spacial score (nSPS) is 4.56. The average Bonchev–Trinajstić information content (AvgIpc) is 1.73. The molecule has 2 N–H and O–H groups in total. The zero-order chi connectivity index (χ0) is 6.28. The molecule has 0 heterocycles. The van der Waals surface area contributed by atoms with Gasteiger partial charge in [-0.2, -0.15) is 0 Å². The minimum atomic E-state index is -1.19. The van der Waals surface area contributed by atoms with Gasteiger partial charge in [0.2, 0.25) is 0 Å². The average molecular weight is 242 g/mol. The Hall–Kier alpha value is 1.36. The Balaban J connectivity index is -0.00000000972. The molecule has 0 spiro atoms. The summed E-state index contributed by atoms with van der Waals surface area (Å²) in [4.78, 5) is 9.12. The third-order valence-corrected chi connectivity index (χ3v) is 0.135. The second kappa shape index (κ2) is 22.8. The van der Waals surface area contributed by atoms with E-state index in [2.05, 4.69) is 13.2 Å². The second-order valence-corrected chi connectivity index (χ2v) is 0.552. The SMILES string of the molecule is C=C.O=C(O)CO.[H-].[H-].[Sr+2].[Ti]. The molecule has 50 valence electrons. The van der Waals surface area contributed by atoms with Gasteiger partial charge in [0.1, 0.15) is 6.61 Å². The van der Waals surface area contributed by atoms with E-state index in [1.165, 1.54) is 0 Å². The Morgan fingerprint density at radius 3 is 1.67 bits per heavy atom. The van der Waals surface area contributed by atoms with E-state index in [0.29, 0.717) is 0 Å². The molecule has 0 aliphatic heterocycles. The van der Waals surface area contributed by atoms with Crippen LogP contribution in [-0.4, -0.2) is 68.3 Å². The van der Waals surface area contributed by atoms with Crippen molar-refractivity contribution < 1.29 is 39.6 Å². The Bertz CT molecular complexity index is 67.3. The number of hydrogen-bond donors (Lipinski definition) is 2. The van der Waals surface area contributed by atoms with Crippen LogP contribution < -0.4 is 0 Å². The van der Waals surface area contributed by atoms with E-state index in [0.717, 1.165) is 0 Å². The van der Waals surface area contributed by atoms with Crippen molar-refractivity contribution in [1.82, 2.24) is 0 Å². The molecule has 0 radical (unpaired) electrons. The van der Waals surface area contributed by atoms with Crippen LogP contribution in [-0.2, 0) is 26.5 Å². The van der Waals surface area contributed by atoms with Crippen molar-refractivity contribution in [3.05, 3.63) is 13.2 Å². The van der Waals surface area contributed by atoms with Gasteiger partial charge in [0.05, 0.1) is 0 Å². The number of carboxylic acid groups (broad SMARTS) is 1. The smallest absolute Gasteiger partial charge is 1.00 e. The predicted octanol–water partition coefficient (Wildman–Crippen LogP) is -0.293. The molecule has 0 aliphatic rings. The molecule has 0 aromatic carbocycles. The van der Waals surface area contributed by atoms with Crippen LogP contribution in [0.25, 0.3) is 0 Å². The fraction of sp³-hybridized carbons (Fsp3) is 0.250. The van der Waals surface area contributed by atoms with E-state index in [-0.39, 0.29) is 70.1 Å². The monoisotopic (exact) mass is 242 g/mol. The fourth-order valence-corrected chi connectivity index (χ4v) is 0. The maximum Gasteiger partial charge on any atom is 2.00 e. The molecule has 3 nitrogen and oxygen atoms in total. The molecule has 0 rings (SSSR count). The number of carbonyl (C=O) groups is 1. The van der Waals surface area contributed by atoms with Crippen LogP contribution in [0.2, 0.25) is 0 Å². The second-order valence-electron chi connectivity index (χ2n) is 0.552. The largest absolute Gasteiger partial charge is 2.00 e. The van der Waals surface area contributed by atoms with Crippen molar-refractivity contribution >= 4 is 51.5 Å². The fourth-order valence-electron chi connectivity index (χ4n) is 0. The Labute approximate surface area is 109 Å². The summed E-state index contributed by atoms with van der Waals surface area (Å²) >= 11 is 0. The molecular weight excluding hydrogens is 232 g/mol. The topological polar surface area (TPSA) is 57.5 Å². The summed E-state index contributed by atoms with van der Waals surface area (Å²) in [5, 5.41) is 15.0. The number of aliphatic hydroxyl groups is 1. The summed E-state index contributed by atoms with van der Waals surface area (Å²) < 4.78 is 0. The van der Waals surface area contributed by atoms with E-state index >= 15 is 0 Å². The van der Waals surface area contributed by atoms with E-state index in [4.69, 9.17) is 15.0 Å². The van der Waals surface area contributed by atoms with Crippen LogP contribution in [0.3, 0.4) is 0 Å². The molecule has 0 aromatic heterocycles. The molecule has 5 heteroatoms. The Kier molecular flexibility index (Phi) is 56.8. The molecule has 0 atom stereocenters. The van der Waals surface area contributed by atoms with Gasteiger partial charge >= 0.3 is 51.5 Å². The van der Waals surface area contributed by atoms with Crippen LogP contribution in [0.15, 0.2) is 13.2 Å². The molecular formula is C4H10O3SrTi. The minimum Gasteiger partial charge on any atom is -1.00 e. The van der Waals surface area contributed by atoms with Crippen LogP contribution in [0.5, 0.6) is 0 Å². The first kappa shape index (κ1) is 22.4. The van der Waals surface area contributed by atoms with Gasteiger partial charge in [-0.25, -0.2) is 4.79 Å². The summed E-state index contributed by atoms with van der Waals surface area (Å²) in [6, 6.07) is 0. The summed E-state index contributed by atoms with van der Waals surface area (Å²) in [6.45, 7) is 5.22. The third kappa shape index (κ3) is 44.9. The van der Waals surface area contributed by atoms with Crippen molar-refractivity contribution in [2.75, 3.05) is 6.61 Å². The minimum absolute atomic E-state index is 0. The van der Waals surface area contributed by atoms with Gasteiger partial charge in [-0.05, 0) is 0 Å². The number of hydrogen-bond acceptors (Lipinski definition) is 2. The van der Waals surface area contributed by atoms with Crippen LogP contribution in [0, 0.1) is 0 Å². The standard InChI is InChI=1S/C2H4O3.C2H4.Sr.Ti.2H/c3-1-2(4)5;1-2;;;;/h3H,1H2,(H,4,5);1-2H2;;;;/q;;+2;;2*-1. The maximum absolute atomic E-state index is 9.12. The predicted molar refractivity (Wildman–Crippen MR) is 34.0 cm³/mol. The summed E-state index contributed by atoms with van der Waals surface area (Å²) in [5.74, 6) is -1.19. The maximum atomic E-state index is 9.12. The van der Waals surface area contributed by atoms with Crippen LogP contribution in [0.4, 0.5) is 0 Å². The van der Waals surface area contributed by atoms with Gasteiger partial charge in [-0.1, -0.05) is 0 Å². The van der Waals surface area contributed by atoms with E-state index in [9.17, 15) is 0 Å². The first-order valence-electron chi connectivity index (χ1n) is 1.60. The Morgan fingerprint density at radius 1 is 1.56 bits per heavy atom.